The van der Waals surface area contributed by atoms with Crippen LogP contribution in [0.1, 0.15) is 27.2 Å². The minimum absolute atomic E-state index is 0.185. The lowest BCUT2D eigenvalue weighted by Crippen LogP contribution is -2.32. The highest BCUT2D eigenvalue weighted by Gasteiger charge is 2.13. The number of thioether (sulfide) groups is 1. The van der Waals surface area contributed by atoms with Gasteiger partial charge >= 0.3 is 0 Å². The van der Waals surface area contributed by atoms with Crippen molar-refractivity contribution in [1.29, 1.82) is 0 Å². The van der Waals surface area contributed by atoms with E-state index in [4.69, 9.17) is 11.6 Å². The highest BCUT2D eigenvalue weighted by Crippen LogP contribution is 2.24. The van der Waals surface area contributed by atoms with Gasteiger partial charge in [0.05, 0.1) is 18.1 Å². The maximum Gasteiger partial charge on any atom is 0.237 e. The Bertz CT molecular complexity index is 690. The lowest BCUT2D eigenvalue weighted by molar-refractivity contribution is -0.120. The van der Waals surface area contributed by atoms with Crippen LogP contribution in [0.2, 0.25) is 0 Å². The molecule has 2 heterocycles. The largest absolute Gasteiger partial charge is 0.369 e. The van der Waals surface area contributed by atoms with E-state index in [1.165, 1.54) is 0 Å². The number of anilines is 1. The molecule has 2 aromatic rings. The summed E-state index contributed by atoms with van der Waals surface area (Å²) in [4.78, 5) is 20.7. The van der Waals surface area contributed by atoms with Gasteiger partial charge in [-0.2, -0.15) is 5.10 Å². The SMILES string of the molecule is CCCNc1nc(SCC)nc2c1cnn2CCNC(=O)C(C)Cl. The predicted molar refractivity (Wildman–Crippen MR) is 98.8 cm³/mol. The number of amides is 1. The van der Waals surface area contributed by atoms with E-state index in [0.29, 0.717) is 13.1 Å². The van der Waals surface area contributed by atoms with E-state index in [0.717, 1.165) is 40.7 Å². The summed E-state index contributed by atoms with van der Waals surface area (Å²) in [5, 5.41) is 11.6. The fourth-order valence-electron chi connectivity index (χ4n) is 2.10. The lowest BCUT2D eigenvalue weighted by Gasteiger charge is -2.09. The molecule has 2 rings (SSSR count). The van der Waals surface area contributed by atoms with Gasteiger partial charge in [0.2, 0.25) is 5.91 Å². The zero-order chi connectivity index (χ0) is 17.5. The Kier molecular flexibility index (Phi) is 7.11. The second-order valence-electron chi connectivity index (χ2n) is 5.23. The molecule has 0 aromatic carbocycles. The zero-order valence-corrected chi connectivity index (χ0v) is 15.7. The molecule has 1 atom stereocenters. The molecule has 1 amide bonds. The van der Waals surface area contributed by atoms with Crippen molar-refractivity contribution in [3.05, 3.63) is 6.20 Å². The van der Waals surface area contributed by atoms with Crippen molar-refractivity contribution in [1.82, 2.24) is 25.1 Å². The predicted octanol–water partition coefficient (Wildman–Crippen LogP) is 2.50. The van der Waals surface area contributed by atoms with Gasteiger partial charge in [0.15, 0.2) is 10.8 Å². The Balaban J connectivity index is 2.21. The minimum Gasteiger partial charge on any atom is -0.369 e. The van der Waals surface area contributed by atoms with Crippen LogP contribution < -0.4 is 10.6 Å². The topological polar surface area (TPSA) is 84.7 Å². The van der Waals surface area contributed by atoms with Crippen LogP contribution in [-0.4, -0.2) is 49.9 Å². The average molecular weight is 371 g/mol. The number of carbonyl (C=O) groups is 1. The molecule has 0 saturated carbocycles. The van der Waals surface area contributed by atoms with Crippen LogP contribution in [0, 0.1) is 0 Å². The van der Waals surface area contributed by atoms with Gasteiger partial charge in [-0.05, 0) is 19.1 Å². The van der Waals surface area contributed by atoms with E-state index in [-0.39, 0.29) is 5.91 Å². The van der Waals surface area contributed by atoms with Gasteiger partial charge in [0.25, 0.3) is 0 Å². The first kappa shape index (κ1) is 18.8. The van der Waals surface area contributed by atoms with Crippen molar-refractivity contribution < 1.29 is 4.79 Å². The fraction of sp³-hybridized carbons (Fsp3) is 0.600. The van der Waals surface area contributed by atoms with Gasteiger partial charge in [-0.3, -0.25) is 4.79 Å². The number of rotatable bonds is 9. The van der Waals surface area contributed by atoms with Crippen LogP contribution in [0.25, 0.3) is 11.0 Å². The average Bonchev–Trinajstić information content (AvgIpc) is 2.96. The number of hydrogen-bond acceptors (Lipinski definition) is 6. The molecule has 132 valence electrons. The third-order valence-corrected chi connectivity index (χ3v) is 4.20. The summed E-state index contributed by atoms with van der Waals surface area (Å²) in [6, 6.07) is 0. The molecular formula is C15H23ClN6OS. The van der Waals surface area contributed by atoms with Crippen LogP contribution in [0.5, 0.6) is 0 Å². The molecule has 1 unspecified atom stereocenters. The van der Waals surface area contributed by atoms with Crippen molar-refractivity contribution >= 4 is 46.1 Å². The number of hydrogen-bond donors (Lipinski definition) is 2. The zero-order valence-electron chi connectivity index (χ0n) is 14.2. The summed E-state index contributed by atoms with van der Waals surface area (Å²) in [6.45, 7) is 7.64. The summed E-state index contributed by atoms with van der Waals surface area (Å²) in [5.74, 6) is 1.52. The number of aromatic nitrogens is 4. The molecule has 0 aliphatic rings. The Labute approximate surface area is 150 Å². The monoisotopic (exact) mass is 370 g/mol. The molecule has 0 saturated heterocycles. The second-order valence-corrected chi connectivity index (χ2v) is 7.11. The van der Waals surface area contributed by atoms with E-state index in [1.54, 1.807) is 29.6 Å². The molecule has 0 bridgehead atoms. The number of nitrogens with one attached hydrogen (secondary N) is 2. The van der Waals surface area contributed by atoms with Gasteiger partial charge in [-0.25, -0.2) is 14.6 Å². The quantitative estimate of drug-likeness (QED) is 0.401. The summed E-state index contributed by atoms with van der Waals surface area (Å²) >= 11 is 7.33. The van der Waals surface area contributed by atoms with Crippen molar-refractivity contribution in [2.24, 2.45) is 0 Å². The lowest BCUT2D eigenvalue weighted by atomic mass is 10.3. The number of fused-ring (bicyclic) bond motifs is 1. The van der Waals surface area contributed by atoms with E-state index < -0.39 is 5.38 Å². The van der Waals surface area contributed by atoms with E-state index in [9.17, 15) is 4.79 Å². The molecule has 0 aliphatic heterocycles. The standard InChI is InChI=1S/C15H23ClN6OS/c1-4-6-17-12-11-9-19-22(8-7-18-14(23)10(3)16)13(11)21-15(20-12)24-5-2/h9-10H,4-8H2,1-3H3,(H,18,23)(H,17,20,21). The summed E-state index contributed by atoms with van der Waals surface area (Å²) in [7, 11) is 0. The van der Waals surface area contributed by atoms with Crippen LogP contribution in [0.15, 0.2) is 11.4 Å². The van der Waals surface area contributed by atoms with Crippen LogP contribution in [0.3, 0.4) is 0 Å². The Hall–Kier alpha value is -1.54. The first-order valence-electron chi connectivity index (χ1n) is 8.08. The smallest absolute Gasteiger partial charge is 0.237 e. The second kappa shape index (κ2) is 9.08. The molecular weight excluding hydrogens is 348 g/mol. The molecule has 2 N–H and O–H groups in total. The Morgan fingerprint density at radius 2 is 2.17 bits per heavy atom. The van der Waals surface area contributed by atoms with Crippen molar-refractivity contribution in [3.8, 4) is 0 Å². The first-order valence-corrected chi connectivity index (χ1v) is 9.51. The fourth-order valence-corrected chi connectivity index (χ4v) is 2.74. The van der Waals surface area contributed by atoms with Gasteiger partial charge in [-0.1, -0.05) is 25.6 Å². The number of carbonyl (C=O) groups excluding carboxylic acids is 1. The molecule has 7 nitrogen and oxygen atoms in total. The molecule has 0 radical (unpaired) electrons. The van der Waals surface area contributed by atoms with Crippen LogP contribution in [0.4, 0.5) is 5.82 Å². The third kappa shape index (κ3) is 4.73. The van der Waals surface area contributed by atoms with Crippen molar-refractivity contribution in [3.63, 3.8) is 0 Å². The Morgan fingerprint density at radius 1 is 1.38 bits per heavy atom. The number of halogens is 1. The number of nitrogens with zero attached hydrogens (tertiary/aromatic N) is 4. The van der Waals surface area contributed by atoms with Crippen molar-refractivity contribution in [2.45, 2.75) is 44.3 Å². The van der Waals surface area contributed by atoms with Gasteiger partial charge in [0.1, 0.15) is 11.2 Å². The van der Waals surface area contributed by atoms with Crippen molar-refractivity contribution in [2.75, 3.05) is 24.2 Å². The molecule has 0 aliphatic carbocycles. The summed E-state index contributed by atoms with van der Waals surface area (Å²) < 4.78 is 1.78. The van der Waals surface area contributed by atoms with E-state index in [1.807, 2.05) is 0 Å². The maximum atomic E-state index is 11.5. The van der Waals surface area contributed by atoms with Crippen LogP contribution in [-0.2, 0) is 11.3 Å². The first-order chi connectivity index (χ1) is 11.6. The third-order valence-electron chi connectivity index (χ3n) is 3.28. The Morgan fingerprint density at radius 3 is 2.83 bits per heavy atom. The molecule has 24 heavy (non-hydrogen) atoms. The highest BCUT2D eigenvalue weighted by molar-refractivity contribution is 7.99. The van der Waals surface area contributed by atoms with E-state index >= 15 is 0 Å². The molecule has 9 heteroatoms. The summed E-state index contributed by atoms with van der Waals surface area (Å²) in [6.07, 6.45) is 2.78. The molecule has 0 fully saturated rings. The highest BCUT2D eigenvalue weighted by atomic mass is 35.5. The number of alkyl halides is 1. The van der Waals surface area contributed by atoms with E-state index in [2.05, 4.69) is 39.5 Å². The van der Waals surface area contributed by atoms with Gasteiger partial charge in [-0.15, -0.1) is 11.6 Å². The maximum absolute atomic E-state index is 11.5. The molecule has 2 aromatic heterocycles. The minimum atomic E-state index is -0.543. The van der Waals surface area contributed by atoms with Crippen LogP contribution >= 0.6 is 23.4 Å². The normalized spacial score (nSPS) is 12.3. The van der Waals surface area contributed by atoms with Gasteiger partial charge in [0, 0.05) is 13.1 Å². The summed E-state index contributed by atoms with van der Waals surface area (Å²) in [5.41, 5.74) is 0.771. The molecule has 0 spiro atoms. The van der Waals surface area contributed by atoms with Gasteiger partial charge < -0.3 is 10.6 Å².